The molecule has 0 aromatic heterocycles. The predicted molar refractivity (Wildman–Crippen MR) is 113 cm³/mol. The van der Waals surface area contributed by atoms with Gasteiger partial charge in [-0.3, -0.25) is 19.3 Å². The normalized spacial score (nSPS) is 17.0. The van der Waals surface area contributed by atoms with Gasteiger partial charge in [0, 0.05) is 10.7 Å². The highest BCUT2D eigenvalue weighted by molar-refractivity contribution is 9.10. The van der Waals surface area contributed by atoms with E-state index in [1.54, 1.807) is 24.3 Å². The third-order valence-corrected chi connectivity index (χ3v) is 4.72. The molecule has 2 N–H and O–H groups in total. The van der Waals surface area contributed by atoms with Gasteiger partial charge in [0.2, 0.25) is 11.8 Å². The Morgan fingerprint density at radius 2 is 1.86 bits per heavy atom. The first-order valence-electron chi connectivity index (χ1n) is 8.26. The van der Waals surface area contributed by atoms with Crippen molar-refractivity contribution in [1.82, 2.24) is 10.7 Å². The summed E-state index contributed by atoms with van der Waals surface area (Å²) in [6, 6.07) is 16.1. The zero-order valence-corrected chi connectivity index (χ0v) is 16.9. The number of thiocarbonyl (C=S) groups is 1. The van der Waals surface area contributed by atoms with Crippen LogP contribution in [-0.4, -0.2) is 29.0 Å². The van der Waals surface area contributed by atoms with E-state index in [0.717, 1.165) is 16.3 Å². The van der Waals surface area contributed by atoms with Gasteiger partial charge in [0.05, 0.1) is 12.1 Å². The van der Waals surface area contributed by atoms with E-state index in [1.165, 1.54) is 4.90 Å². The van der Waals surface area contributed by atoms with Crippen molar-refractivity contribution in [2.45, 2.75) is 6.42 Å². The van der Waals surface area contributed by atoms with Crippen LogP contribution < -0.4 is 15.6 Å². The molecule has 2 aromatic carbocycles. The minimum absolute atomic E-state index is 0.00455. The average Bonchev–Trinajstić information content (AvgIpc) is 2.66. The number of hydrazone groups is 1. The van der Waals surface area contributed by atoms with E-state index in [1.807, 2.05) is 30.3 Å². The van der Waals surface area contributed by atoms with Gasteiger partial charge in [0.15, 0.2) is 11.0 Å². The average molecular weight is 459 g/mol. The second-order valence-corrected chi connectivity index (χ2v) is 7.20. The van der Waals surface area contributed by atoms with E-state index in [-0.39, 0.29) is 17.4 Å². The molecular weight excluding hydrogens is 444 g/mol. The first-order valence-corrected chi connectivity index (χ1v) is 9.46. The lowest BCUT2D eigenvalue weighted by atomic mass is 10.1. The first kappa shape index (κ1) is 19.8. The number of carbonyl (C=O) groups excluding carboxylic acids is 3. The second kappa shape index (κ2) is 8.85. The van der Waals surface area contributed by atoms with E-state index >= 15 is 0 Å². The predicted octanol–water partition coefficient (Wildman–Crippen LogP) is 2.16. The molecule has 0 saturated carbocycles. The van der Waals surface area contributed by atoms with Gasteiger partial charge < -0.3 is 5.32 Å². The maximum absolute atomic E-state index is 12.8. The Bertz CT molecular complexity index is 947. The van der Waals surface area contributed by atoms with Crippen LogP contribution in [0.25, 0.3) is 0 Å². The van der Waals surface area contributed by atoms with Crippen LogP contribution in [0.4, 0.5) is 5.69 Å². The molecule has 0 unspecified atom stereocenters. The smallest absolute Gasteiger partial charge is 0.251 e. The van der Waals surface area contributed by atoms with E-state index in [4.69, 9.17) is 12.2 Å². The number of hydrogen-bond donors (Lipinski definition) is 2. The molecule has 0 radical (unpaired) electrons. The van der Waals surface area contributed by atoms with Gasteiger partial charge in [-0.15, -0.1) is 0 Å². The van der Waals surface area contributed by atoms with E-state index in [0.29, 0.717) is 5.69 Å². The SMILES string of the molecule is O=C(Cc1ccccc1)N/N=C\[C@@H]1C(=O)NC(=S)N(c2ccc(Br)cc2)C1=O. The van der Waals surface area contributed by atoms with Crippen molar-refractivity contribution in [3.8, 4) is 0 Å². The van der Waals surface area contributed by atoms with E-state index in [9.17, 15) is 14.4 Å². The number of nitrogens with zero attached hydrogens (tertiary/aromatic N) is 2. The van der Waals surface area contributed by atoms with Crippen LogP contribution in [0.5, 0.6) is 0 Å². The first-order chi connectivity index (χ1) is 13.5. The van der Waals surface area contributed by atoms with Crippen molar-refractivity contribution in [1.29, 1.82) is 0 Å². The van der Waals surface area contributed by atoms with Gasteiger partial charge in [-0.05, 0) is 42.0 Å². The van der Waals surface area contributed by atoms with Gasteiger partial charge in [0.1, 0.15) is 0 Å². The molecule has 1 saturated heterocycles. The summed E-state index contributed by atoms with van der Waals surface area (Å²) >= 11 is 8.45. The molecule has 1 atom stereocenters. The minimum Gasteiger partial charge on any atom is -0.301 e. The van der Waals surface area contributed by atoms with Crippen LogP contribution in [-0.2, 0) is 20.8 Å². The van der Waals surface area contributed by atoms with Crippen LogP contribution in [0.15, 0.2) is 64.2 Å². The highest BCUT2D eigenvalue weighted by atomic mass is 79.9. The molecule has 1 aliphatic rings. The van der Waals surface area contributed by atoms with Crippen LogP contribution in [0.3, 0.4) is 0 Å². The lowest BCUT2D eigenvalue weighted by Crippen LogP contribution is -2.58. The van der Waals surface area contributed by atoms with Gasteiger partial charge in [0.25, 0.3) is 5.91 Å². The lowest BCUT2D eigenvalue weighted by Gasteiger charge is -2.30. The fourth-order valence-electron chi connectivity index (χ4n) is 2.56. The molecule has 0 spiro atoms. The summed E-state index contributed by atoms with van der Waals surface area (Å²) in [4.78, 5) is 38.1. The number of carbonyl (C=O) groups is 3. The summed E-state index contributed by atoms with van der Waals surface area (Å²) in [6.07, 6.45) is 1.24. The standard InChI is InChI=1S/C19H15BrN4O3S/c20-13-6-8-14(9-7-13)24-18(27)15(17(26)22-19(24)28)11-21-23-16(25)10-12-4-2-1-3-5-12/h1-9,11,15H,10H2,(H,23,25)(H,22,26,28)/b21-11-/t15-/m1/s1. The van der Waals surface area contributed by atoms with E-state index < -0.39 is 17.7 Å². The number of rotatable bonds is 5. The Hall–Kier alpha value is -2.91. The number of anilines is 1. The van der Waals surface area contributed by atoms with Gasteiger partial charge >= 0.3 is 0 Å². The summed E-state index contributed by atoms with van der Waals surface area (Å²) in [5.41, 5.74) is 3.68. The lowest BCUT2D eigenvalue weighted by molar-refractivity contribution is -0.130. The van der Waals surface area contributed by atoms with Crippen LogP contribution >= 0.6 is 28.1 Å². The fraction of sp³-hybridized carbons (Fsp3) is 0.105. The number of hydrogen-bond acceptors (Lipinski definition) is 5. The third-order valence-electron chi connectivity index (χ3n) is 3.91. The monoisotopic (exact) mass is 458 g/mol. The zero-order chi connectivity index (χ0) is 20.1. The van der Waals surface area contributed by atoms with Crippen LogP contribution in [0.1, 0.15) is 5.56 Å². The Morgan fingerprint density at radius 1 is 1.18 bits per heavy atom. The molecule has 1 heterocycles. The highest BCUT2D eigenvalue weighted by Crippen LogP contribution is 2.22. The van der Waals surface area contributed by atoms with Crippen molar-refractivity contribution in [2.75, 3.05) is 4.90 Å². The van der Waals surface area contributed by atoms with Crippen molar-refractivity contribution in [3.63, 3.8) is 0 Å². The topological polar surface area (TPSA) is 90.9 Å². The summed E-state index contributed by atoms with van der Waals surface area (Å²) in [7, 11) is 0. The molecule has 0 bridgehead atoms. The van der Waals surface area contributed by atoms with Crippen LogP contribution in [0, 0.1) is 5.92 Å². The fourth-order valence-corrected chi connectivity index (χ4v) is 3.12. The van der Waals surface area contributed by atoms with Crippen molar-refractivity contribution >= 4 is 62.9 Å². The molecule has 9 heteroatoms. The largest absolute Gasteiger partial charge is 0.301 e. The van der Waals surface area contributed by atoms with Gasteiger partial charge in [-0.1, -0.05) is 46.3 Å². The molecule has 142 valence electrons. The molecule has 0 aliphatic carbocycles. The molecule has 28 heavy (non-hydrogen) atoms. The van der Waals surface area contributed by atoms with Gasteiger partial charge in [-0.2, -0.15) is 5.10 Å². The number of amides is 3. The molecular formula is C19H15BrN4O3S. The van der Waals surface area contributed by atoms with Crippen molar-refractivity contribution in [2.24, 2.45) is 11.0 Å². The third kappa shape index (κ3) is 4.68. The number of benzene rings is 2. The minimum atomic E-state index is -1.20. The molecule has 2 aromatic rings. The maximum Gasteiger partial charge on any atom is 0.251 e. The molecule has 3 rings (SSSR count). The molecule has 7 nitrogen and oxygen atoms in total. The quantitative estimate of drug-likeness (QED) is 0.310. The number of halogens is 1. The Morgan fingerprint density at radius 3 is 2.54 bits per heavy atom. The summed E-state index contributed by atoms with van der Waals surface area (Å²) in [6.45, 7) is 0. The second-order valence-electron chi connectivity index (χ2n) is 5.90. The summed E-state index contributed by atoms with van der Waals surface area (Å²) < 4.78 is 0.843. The molecule has 1 fully saturated rings. The van der Waals surface area contributed by atoms with Gasteiger partial charge in [-0.25, -0.2) is 5.43 Å². The Labute approximate surface area is 174 Å². The van der Waals surface area contributed by atoms with Crippen molar-refractivity contribution < 1.29 is 14.4 Å². The van der Waals surface area contributed by atoms with Crippen molar-refractivity contribution in [3.05, 3.63) is 64.6 Å². The maximum atomic E-state index is 12.8. The summed E-state index contributed by atoms with van der Waals surface area (Å²) in [5.74, 6) is -2.69. The number of nitrogens with one attached hydrogen (secondary N) is 2. The zero-order valence-electron chi connectivity index (χ0n) is 14.5. The molecule has 3 amide bonds. The highest BCUT2D eigenvalue weighted by Gasteiger charge is 2.38. The Balaban J connectivity index is 1.68. The van der Waals surface area contributed by atoms with Crippen LogP contribution in [0.2, 0.25) is 0 Å². The summed E-state index contributed by atoms with van der Waals surface area (Å²) in [5, 5.41) is 6.25. The van der Waals surface area contributed by atoms with E-state index in [2.05, 4.69) is 31.8 Å². The molecule has 1 aliphatic heterocycles. The Kier molecular flexibility index (Phi) is 6.27.